The van der Waals surface area contributed by atoms with E-state index in [4.69, 9.17) is 14.0 Å². The number of anilines is 2. The summed E-state index contributed by atoms with van der Waals surface area (Å²) in [6.07, 6.45) is 0. The number of aromatic nitrogens is 2. The van der Waals surface area contributed by atoms with Crippen LogP contribution in [0.5, 0.6) is 11.8 Å². The van der Waals surface area contributed by atoms with Crippen LogP contribution in [0, 0.1) is 0 Å². The highest BCUT2D eigenvalue weighted by atomic mass is 16.5. The average Bonchev–Trinajstić information content (AvgIpc) is 2.96. The van der Waals surface area contributed by atoms with Crippen LogP contribution in [0.3, 0.4) is 0 Å². The molecule has 118 valence electrons. The zero-order valence-electron chi connectivity index (χ0n) is 12.8. The smallest absolute Gasteiger partial charge is 0.325 e. The van der Waals surface area contributed by atoms with Crippen molar-refractivity contribution in [2.75, 3.05) is 24.9 Å². The number of methoxy groups -OCH3 is 2. The van der Waals surface area contributed by atoms with Crippen LogP contribution in [-0.4, -0.2) is 30.4 Å². The molecule has 0 atom stereocenters. The van der Waals surface area contributed by atoms with E-state index in [1.54, 1.807) is 18.2 Å². The van der Waals surface area contributed by atoms with Gasteiger partial charge in [-0.05, 0) is 6.07 Å². The molecule has 0 aliphatic heterocycles. The van der Waals surface area contributed by atoms with E-state index in [0.29, 0.717) is 23.1 Å². The Labute approximate surface area is 127 Å². The fourth-order valence-electron chi connectivity index (χ4n) is 1.68. The minimum atomic E-state index is -0.478. The van der Waals surface area contributed by atoms with Crippen molar-refractivity contribution in [1.29, 1.82) is 0 Å². The van der Waals surface area contributed by atoms with Gasteiger partial charge in [0.05, 0.1) is 14.2 Å². The van der Waals surface area contributed by atoms with Crippen LogP contribution < -0.4 is 20.1 Å². The Balaban J connectivity index is 2.05. The molecule has 2 rings (SSSR count). The van der Waals surface area contributed by atoms with Gasteiger partial charge in [0, 0.05) is 18.1 Å². The Kier molecular flexibility index (Phi) is 4.82. The molecule has 0 spiro atoms. The number of amides is 2. The first-order chi connectivity index (χ1) is 10.5. The number of urea groups is 1. The van der Waals surface area contributed by atoms with Gasteiger partial charge in [0.2, 0.25) is 11.8 Å². The number of carbonyl (C=O) groups excluding carboxylic acids is 1. The van der Waals surface area contributed by atoms with E-state index >= 15 is 0 Å². The molecule has 2 aromatic rings. The molecule has 0 aromatic carbocycles. The predicted octanol–water partition coefficient (Wildman–Crippen LogP) is 2.85. The summed E-state index contributed by atoms with van der Waals surface area (Å²) < 4.78 is 15.2. The molecule has 0 aliphatic carbocycles. The second kappa shape index (κ2) is 6.79. The van der Waals surface area contributed by atoms with Crippen molar-refractivity contribution in [2.45, 2.75) is 19.8 Å². The van der Waals surface area contributed by atoms with E-state index in [9.17, 15) is 4.79 Å². The SMILES string of the molecule is COc1ccc(NC(=O)Nc2cc(C(C)C)on2)c(OC)n1. The molecule has 0 unspecified atom stereocenters. The number of hydrogen-bond acceptors (Lipinski definition) is 6. The summed E-state index contributed by atoms with van der Waals surface area (Å²) in [5.74, 6) is 1.86. The van der Waals surface area contributed by atoms with E-state index in [-0.39, 0.29) is 11.8 Å². The lowest BCUT2D eigenvalue weighted by molar-refractivity contribution is 0.261. The molecule has 0 fully saturated rings. The van der Waals surface area contributed by atoms with Crippen molar-refractivity contribution in [2.24, 2.45) is 0 Å². The third-order valence-electron chi connectivity index (χ3n) is 2.82. The van der Waals surface area contributed by atoms with Gasteiger partial charge in [-0.3, -0.25) is 5.32 Å². The fraction of sp³-hybridized carbons (Fsp3) is 0.357. The molecule has 0 bridgehead atoms. The number of nitrogens with one attached hydrogen (secondary N) is 2. The Morgan fingerprint density at radius 2 is 2.00 bits per heavy atom. The van der Waals surface area contributed by atoms with Crippen LogP contribution in [0.1, 0.15) is 25.5 Å². The average molecular weight is 306 g/mol. The highest BCUT2D eigenvalue weighted by molar-refractivity contribution is 5.99. The molecule has 2 heterocycles. The molecular weight excluding hydrogens is 288 g/mol. The van der Waals surface area contributed by atoms with E-state index < -0.39 is 6.03 Å². The van der Waals surface area contributed by atoms with E-state index in [1.165, 1.54) is 14.2 Å². The van der Waals surface area contributed by atoms with E-state index in [2.05, 4.69) is 20.8 Å². The largest absolute Gasteiger partial charge is 0.481 e. The Morgan fingerprint density at radius 3 is 2.59 bits per heavy atom. The van der Waals surface area contributed by atoms with Crippen molar-refractivity contribution in [3.8, 4) is 11.8 Å². The van der Waals surface area contributed by atoms with Gasteiger partial charge < -0.3 is 19.3 Å². The quantitative estimate of drug-likeness (QED) is 0.881. The highest BCUT2D eigenvalue weighted by Gasteiger charge is 2.13. The molecule has 22 heavy (non-hydrogen) atoms. The summed E-state index contributed by atoms with van der Waals surface area (Å²) in [5.41, 5.74) is 0.411. The minimum Gasteiger partial charge on any atom is -0.481 e. The predicted molar refractivity (Wildman–Crippen MR) is 80.6 cm³/mol. The zero-order valence-corrected chi connectivity index (χ0v) is 12.8. The number of nitrogens with zero attached hydrogens (tertiary/aromatic N) is 2. The first-order valence-electron chi connectivity index (χ1n) is 6.67. The van der Waals surface area contributed by atoms with Crippen LogP contribution in [0.2, 0.25) is 0 Å². The highest BCUT2D eigenvalue weighted by Crippen LogP contribution is 2.25. The minimum absolute atomic E-state index is 0.192. The van der Waals surface area contributed by atoms with Gasteiger partial charge in [-0.25, -0.2) is 4.79 Å². The second-order valence-electron chi connectivity index (χ2n) is 4.76. The van der Waals surface area contributed by atoms with E-state index in [0.717, 1.165) is 0 Å². The first kappa shape index (κ1) is 15.6. The summed E-state index contributed by atoms with van der Waals surface area (Å²) in [4.78, 5) is 16.0. The molecule has 0 radical (unpaired) electrons. The van der Waals surface area contributed by atoms with Gasteiger partial charge in [-0.1, -0.05) is 19.0 Å². The van der Waals surface area contributed by atoms with Gasteiger partial charge >= 0.3 is 6.03 Å². The lowest BCUT2D eigenvalue weighted by Crippen LogP contribution is -2.20. The summed E-state index contributed by atoms with van der Waals surface area (Å²) >= 11 is 0. The van der Waals surface area contributed by atoms with Crippen molar-refractivity contribution in [3.05, 3.63) is 24.0 Å². The number of pyridine rings is 1. The first-order valence-corrected chi connectivity index (χ1v) is 6.67. The third-order valence-corrected chi connectivity index (χ3v) is 2.82. The van der Waals surface area contributed by atoms with Crippen molar-refractivity contribution < 1.29 is 18.8 Å². The van der Waals surface area contributed by atoms with Crippen molar-refractivity contribution in [1.82, 2.24) is 10.1 Å². The topological polar surface area (TPSA) is 98.5 Å². The maximum atomic E-state index is 12.0. The van der Waals surface area contributed by atoms with E-state index in [1.807, 2.05) is 13.8 Å². The van der Waals surface area contributed by atoms with Crippen molar-refractivity contribution in [3.63, 3.8) is 0 Å². The number of ether oxygens (including phenoxy) is 2. The Bertz CT molecular complexity index is 654. The molecule has 2 N–H and O–H groups in total. The standard InChI is InChI=1S/C14H18N4O4/c1-8(2)10-7-11(18-22-10)16-14(19)15-9-5-6-12(20-3)17-13(9)21-4/h5-8H,1-4H3,(H2,15,16,18,19). The van der Waals surface area contributed by atoms with Gasteiger partial charge in [0.1, 0.15) is 11.4 Å². The molecule has 0 saturated heterocycles. The van der Waals surface area contributed by atoms with Crippen molar-refractivity contribution >= 4 is 17.5 Å². The van der Waals surface area contributed by atoms with Crippen LogP contribution >= 0.6 is 0 Å². The number of carbonyl (C=O) groups is 1. The molecule has 8 nitrogen and oxygen atoms in total. The third kappa shape index (κ3) is 3.66. The molecule has 8 heteroatoms. The van der Waals surface area contributed by atoms with Gasteiger partial charge in [0.15, 0.2) is 5.82 Å². The monoisotopic (exact) mass is 306 g/mol. The van der Waals surface area contributed by atoms with Crippen LogP contribution in [0.4, 0.5) is 16.3 Å². The molecule has 0 aliphatic rings. The zero-order chi connectivity index (χ0) is 16.1. The second-order valence-corrected chi connectivity index (χ2v) is 4.76. The fourth-order valence-corrected chi connectivity index (χ4v) is 1.68. The lowest BCUT2D eigenvalue weighted by Gasteiger charge is -2.10. The number of hydrogen-bond donors (Lipinski definition) is 2. The van der Waals surface area contributed by atoms with Crippen LogP contribution in [-0.2, 0) is 0 Å². The maximum Gasteiger partial charge on any atom is 0.325 e. The van der Waals surface area contributed by atoms with Gasteiger partial charge in [-0.15, -0.1) is 0 Å². The van der Waals surface area contributed by atoms with Gasteiger partial charge in [-0.2, -0.15) is 4.98 Å². The molecule has 2 amide bonds. The molecule has 2 aromatic heterocycles. The Hall–Kier alpha value is -2.77. The lowest BCUT2D eigenvalue weighted by atomic mass is 10.2. The maximum absolute atomic E-state index is 12.0. The normalized spacial score (nSPS) is 10.4. The van der Waals surface area contributed by atoms with Crippen LogP contribution in [0.15, 0.2) is 22.7 Å². The summed E-state index contributed by atoms with van der Waals surface area (Å²) in [7, 11) is 2.95. The molecular formula is C14H18N4O4. The van der Waals surface area contributed by atoms with Crippen LogP contribution in [0.25, 0.3) is 0 Å². The van der Waals surface area contributed by atoms with Gasteiger partial charge in [0.25, 0.3) is 0 Å². The summed E-state index contributed by atoms with van der Waals surface area (Å²) in [6, 6.07) is 4.44. The Morgan fingerprint density at radius 1 is 1.23 bits per heavy atom. The number of rotatable bonds is 5. The summed E-state index contributed by atoms with van der Waals surface area (Å²) in [5, 5.41) is 8.98. The summed E-state index contributed by atoms with van der Waals surface area (Å²) in [6.45, 7) is 3.94. The molecule has 0 saturated carbocycles.